The molecule has 0 saturated heterocycles. The van der Waals surface area contributed by atoms with Gasteiger partial charge in [0.25, 0.3) is 0 Å². The third-order valence-corrected chi connectivity index (χ3v) is 2.40. The molecule has 0 atom stereocenters. The quantitative estimate of drug-likeness (QED) is 0.676. The molecule has 2 rings (SSSR count). The molecular weight excluding hydrogens is 176 g/mol. The predicted octanol–water partition coefficient (Wildman–Crippen LogP) is 2.02. The lowest BCUT2D eigenvalue weighted by molar-refractivity contribution is 0.111. The maximum absolute atomic E-state index is 10.9. The molecule has 0 aliphatic rings. The summed E-state index contributed by atoms with van der Waals surface area (Å²) in [6.07, 6.45) is 3.53. The van der Waals surface area contributed by atoms with Crippen LogP contribution in [-0.4, -0.2) is 15.7 Å². The smallest absolute Gasteiger partial charge is 0.168 e. The zero-order valence-corrected chi connectivity index (χ0v) is 8.32. The molecule has 0 saturated carbocycles. The molecule has 3 nitrogen and oxygen atoms in total. The molecular formula is C11H12N2O. The minimum atomic E-state index is 0.672. The summed E-state index contributed by atoms with van der Waals surface area (Å²) in [7, 11) is 0. The molecule has 0 aliphatic carbocycles. The predicted molar refractivity (Wildman–Crippen MR) is 54.7 cm³/mol. The molecule has 0 aliphatic heterocycles. The monoisotopic (exact) mass is 188 g/mol. The lowest BCUT2D eigenvalue weighted by Gasteiger charge is -1.96. The van der Waals surface area contributed by atoms with E-state index in [1.54, 1.807) is 0 Å². The van der Waals surface area contributed by atoms with E-state index < -0.39 is 0 Å². The molecule has 0 aromatic carbocycles. The molecule has 0 bridgehead atoms. The van der Waals surface area contributed by atoms with Crippen LogP contribution in [-0.2, 0) is 6.42 Å². The molecule has 14 heavy (non-hydrogen) atoms. The lowest BCUT2D eigenvalue weighted by atomic mass is 10.3. The number of fused-ring (bicyclic) bond motifs is 1. The number of rotatable bonds is 2. The van der Waals surface area contributed by atoms with Crippen LogP contribution in [0, 0.1) is 6.92 Å². The van der Waals surface area contributed by atoms with E-state index in [9.17, 15) is 4.79 Å². The van der Waals surface area contributed by atoms with Crippen molar-refractivity contribution >= 4 is 11.9 Å². The summed E-state index contributed by atoms with van der Waals surface area (Å²) in [6.45, 7) is 4.00. The standard InChI is InChI=1S/C11H12N2O/c1-3-9-10(7-14)13-6-4-5-8(2)11(13)12-9/h4-7H,3H2,1-2H3. The molecule has 2 aromatic rings. The van der Waals surface area contributed by atoms with Gasteiger partial charge in [0, 0.05) is 6.20 Å². The third kappa shape index (κ3) is 1.13. The van der Waals surface area contributed by atoms with Crippen LogP contribution in [0.4, 0.5) is 0 Å². The molecule has 0 radical (unpaired) electrons. The van der Waals surface area contributed by atoms with Gasteiger partial charge in [0.05, 0.1) is 5.69 Å². The van der Waals surface area contributed by atoms with Crippen LogP contribution in [0.3, 0.4) is 0 Å². The summed E-state index contributed by atoms with van der Waals surface area (Å²) in [4.78, 5) is 15.3. The molecule has 0 spiro atoms. The third-order valence-electron chi connectivity index (χ3n) is 2.40. The maximum atomic E-state index is 10.9. The fraction of sp³-hybridized carbons (Fsp3) is 0.273. The fourth-order valence-corrected chi connectivity index (χ4v) is 1.65. The Morgan fingerprint density at radius 1 is 1.57 bits per heavy atom. The number of aromatic nitrogens is 2. The Morgan fingerprint density at radius 3 is 3.00 bits per heavy atom. The van der Waals surface area contributed by atoms with Crippen molar-refractivity contribution in [1.29, 1.82) is 0 Å². The summed E-state index contributed by atoms with van der Waals surface area (Å²) >= 11 is 0. The molecule has 2 heterocycles. The zero-order valence-electron chi connectivity index (χ0n) is 8.32. The van der Waals surface area contributed by atoms with Crippen molar-refractivity contribution in [3.8, 4) is 0 Å². The van der Waals surface area contributed by atoms with Gasteiger partial charge in [-0.2, -0.15) is 0 Å². The Hall–Kier alpha value is -1.64. The van der Waals surface area contributed by atoms with E-state index in [0.29, 0.717) is 5.69 Å². The molecule has 2 aromatic heterocycles. The number of hydrogen-bond acceptors (Lipinski definition) is 2. The highest BCUT2D eigenvalue weighted by molar-refractivity contribution is 5.77. The zero-order chi connectivity index (χ0) is 10.1. The number of carbonyl (C=O) groups is 1. The highest BCUT2D eigenvalue weighted by Gasteiger charge is 2.10. The first-order valence-corrected chi connectivity index (χ1v) is 4.69. The topological polar surface area (TPSA) is 34.4 Å². The van der Waals surface area contributed by atoms with Gasteiger partial charge in [0.2, 0.25) is 0 Å². The van der Waals surface area contributed by atoms with E-state index in [4.69, 9.17) is 0 Å². The average Bonchev–Trinajstić information content (AvgIpc) is 2.57. The van der Waals surface area contributed by atoms with E-state index in [0.717, 1.165) is 29.6 Å². The Balaban J connectivity index is 2.86. The summed E-state index contributed by atoms with van der Waals surface area (Å²) in [5.41, 5.74) is 3.52. The molecule has 72 valence electrons. The SMILES string of the molecule is CCc1nc2c(C)cccn2c1C=O. The van der Waals surface area contributed by atoms with Gasteiger partial charge in [-0.05, 0) is 25.0 Å². The number of aldehydes is 1. The number of pyridine rings is 1. The van der Waals surface area contributed by atoms with Gasteiger partial charge in [-0.1, -0.05) is 13.0 Å². The maximum Gasteiger partial charge on any atom is 0.168 e. The molecule has 0 unspecified atom stereocenters. The van der Waals surface area contributed by atoms with Crippen LogP contribution in [0.1, 0.15) is 28.7 Å². The Kier molecular flexibility index (Phi) is 2.08. The molecule has 0 N–H and O–H groups in total. The number of imidazole rings is 1. The van der Waals surface area contributed by atoms with Gasteiger partial charge >= 0.3 is 0 Å². The van der Waals surface area contributed by atoms with E-state index >= 15 is 0 Å². The lowest BCUT2D eigenvalue weighted by Crippen LogP contribution is -1.93. The van der Waals surface area contributed by atoms with E-state index in [-0.39, 0.29) is 0 Å². The van der Waals surface area contributed by atoms with Crippen molar-refractivity contribution in [2.75, 3.05) is 0 Å². The van der Waals surface area contributed by atoms with Gasteiger partial charge in [-0.25, -0.2) is 4.98 Å². The average molecular weight is 188 g/mol. The van der Waals surface area contributed by atoms with E-state index in [1.165, 1.54) is 0 Å². The van der Waals surface area contributed by atoms with Crippen molar-refractivity contribution in [2.45, 2.75) is 20.3 Å². The van der Waals surface area contributed by atoms with Crippen molar-refractivity contribution in [3.05, 3.63) is 35.3 Å². The number of aryl methyl sites for hydroxylation is 2. The molecule has 3 heteroatoms. The van der Waals surface area contributed by atoms with Crippen molar-refractivity contribution in [2.24, 2.45) is 0 Å². The van der Waals surface area contributed by atoms with Gasteiger partial charge in [0.1, 0.15) is 11.3 Å². The summed E-state index contributed by atoms with van der Waals surface area (Å²) < 4.78 is 1.85. The van der Waals surface area contributed by atoms with Crippen LogP contribution in [0.5, 0.6) is 0 Å². The summed E-state index contributed by atoms with van der Waals surface area (Å²) in [5, 5.41) is 0. The highest BCUT2D eigenvalue weighted by atomic mass is 16.1. The van der Waals surface area contributed by atoms with Crippen LogP contribution >= 0.6 is 0 Å². The minimum Gasteiger partial charge on any atom is -0.297 e. The number of carbonyl (C=O) groups excluding carboxylic acids is 1. The molecule has 0 amide bonds. The first-order valence-electron chi connectivity index (χ1n) is 4.69. The number of nitrogens with zero attached hydrogens (tertiary/aromatic N) is 2. The van der Waals surface area contributed by atoms with E-state index in [1.807, 2.05) is 36.6 Å². The van der Waals surface area contributed by atoms with Gasteiger partial charge in [-0.15, -0.1) is 0 Å². The van der Waals surface area contributed by atoms with Crippen molar-refractivity contribution in [1.82, 2.24) is 9.38 Å². The van der Waals surface area contributed by atoms with E-state index in [2.05, 4.69) is 4.98 Å². The minimum absolute atomic E-state index is 0.672. The first-order chi connectivity index (χ1) is 6.77. The van der Waals surface area contributed by atoms with Crippen molar-refractivity contribution in [3.63, 3.8) is 0 Å². The van der Waals surface area contributed by atoms with Gasteiger partial charge < -0.3 is 0 Å². The first kappa shape index (κ1) is 8.94. The summed E-state index contributed by atoms with van der Waals surface area (Å²) in [6, 6.07) is 3.92. The fourth-order valence-electron chi connectivity index (χ4n) is 1.65. The van der Waals surface area contributed by atoms with Crippen LogP contribution < -0.4 is 0 Å². The second kappa shape index (κ2) is 3.25. The normalized spacial score (nSPS) is 10.7. The Labute approximate surface area is 82.4 Å². The molecule has 0 fully saturated rings. The van der Waals surface area contributed by atoms with Crippen molar-refractivity contribution < 1.29 is 4.79 Å². The van der Waals surface area contributed by atoms with Gasteiger partial charge in [0.15, 0.2) is 6.29 Å². The number of hydrogen-bond donors (Lipinski definition) is 0. The Bertz CT molecular complexity index is 485. The second-order valence-electron chi connectivity index (χ2n) is 3.30. The van der Waals surface area contributed by atoms with Crippen LogP contribution in [0.2, 0.25) is 0 Å². The summed E-state index contributed by atoms with van der Waals surface area (Å²) in [5.74, 6) is 0. The largest absolute Gasteiger partial charge is 0.297 e. The Morgan fingerprint density at radius 2 is 2.36 bits per heavy atom. The van der Waals surface area contributed by atoms with Crippen LogP contribution in [0.15, 0.2) is 18.3 Å². The highest BCUT2D eigenvalue weighted by Crippen LogP contribution is 2.14. The second-order valence-corrected chi connectivity index (χ2v) is 3.30. The van der Waals surface area contributed by atoms with Crippen LogP contribution in [0.25, 0.3) is 5.65 Å². The van der Waals surface area contributed by atoms with Gasteiger partial charge in [-0.3, -0.25) is 9.20 Å².